The highest BCUT2D eigenvalue weighted by Gasteiger charge is 2.01. The summed E-state index contributed by atoms with van der Waals surface area (Å²) in [6, 6.07) is 8.89. The van der Waals surface area contributed by atoms with Crippen LogP contribution in [0.5, 0.6) is 0 Å². The monoisotopic (exact) mass is 237 g/mol. The van der Waals surface area contributed by atoms with Crippen molar-refractivity contribution in [1.82, 2.24) is 5.32 Å². The van der Waals surface area contributed by atoms with Gasteiger partial charge in [0, 0.05) is 26.3 Å². The first-order valence-electron chi connectivity index (χ1n) is 6.17. The number of aliphatic hydroxyl groups is 1. The lowest BCUT2D eigenvalue weighted by molar-refractivity contribution is 0.185. The Bertz CT molecular complexity index is 298. The Hall–Kier alpha value is -0.900. The van der Waals surface area contributed by atoms with Crippen LogP contribution in [0.25, 0.3) is 0 Å². The molecule has 1 aromatic rings. The van der Waals surface area contributed by atoms with Gasteiger partial charge in [-0.2, -0.15) is 0 Å². The lowest BCUT2D eigenvalue weighted by atomic mass is 10.1. The Morgan fingerprint density at radius 1 is 1.24 bits per heavy atom. The second-order valence-electron chi connectivity index (χ2n) is 4.40. The molecule has 0 bridgehead atoms. The fourth-order valence-corrected chi connectivity index (χ4v) is 1.71. The first kappa shape index (κ1) is 14.2. The zero-order chi connectivity index (χ0) is 12.5. The number of ether oxygens (including phenoxy) is 1. The number of hydrogen-bond donors (Lipinski definition) is 2. The molecule has 17 heavy (non-hydrogen) atoms. The molecule has 0 fully saturated rings. The summed E-state index contributed by atoms with van der Waals surface area (Å²) in [5.74, 6) is 0. The van der Waals surface area contributed by atoms with Crippen molar-refractivity contribution in [2.75, 3.05) is 13.7 Å². The molecular formula is C14H23NO2. The van der Waals surface area contributed by atoms with Crippen molar-refractivity contribution < 1.29 is 9.84 Å². The molecule has 0 aliphatic heterocycles. The molecule has 0 amide bonds. The summed E-state index contributed by atoms with van der Waals surface area (Å²) in [5.41, 5.74) is 2.48. The summed E-state index contributed by atoms with van der Waals surface area (Å²) in [4.78, 5) is 0. The lowest BCUT2D eigenvalue weighted by Crippen LogP contribution is -2.25. The summed E-state index contributed by atoms with van der Waals surface area (Å²) in [7, 11) is 1.71. The molecule has 1 aromatic carbocycles. The third-order valence-corrected chi connectivity index (χ3v) is 2.78. The number of benzene rings is 1. The van der Waals surface area contributed by atoms with Crippen LogP contribution in [0, 0.1) is 0 Å². The lowest BCUT2D eigenvalue weighted by Gasteiger charge is -2.13. The van der Waals surface area contributed by atoms with Crippen molar-refractivity contribution in [2.45, 2.75) is 39.0 Å². The minimum Gasteiger partial charge on any atom is -0.396 e. The van der Waals surface area contributed by atoms with Gasteiger partial charge in [-0.05, 0) is 30.9 Å². The van der Waals surface area contributed by atoms with E-state index in [9.17, 15) is 0 Å². The van der Waals surface area contributed by atoms with Crippen LogP contribution in [0.4, 0.5) is 0 Å². The summed E-state index contributed by atoms with van der Waals surface area (Å²) in [6.07, 6.45) is 1.87. The molecule has 0 aromatic heterocycles. The molecule has 0 saturated heterocycles. The van der Waals surface area contributed by atoms with E-state index in [1.165, 1.54) is 11.1 Å². The highest BCUT2D eigenvalue weighted by atomic mass is 16.5. The van der Waals surface area contributed by atoms with Crippen molar-refractivity contribution in [3.05, 3.63) is 35.4 Å². The average Bonchev–Trinajstić information content (AvgIpc) is 2.36. The summed E-state index contributed by atoms with van der Waals surface area (Å²) in [5, 5.41) is 12.2. The Morgan fingerprint density at radius 3 is 2.47 bits per heavy atom. The van der Waals surface area contributed by atoms with Gasteiger partial charge in [0.2, 0.25) is 0 Å². The van der Waals surface area contributed by atoms with Crippen LogP contribution in [0.15, 0.2) is 24.3 Å². The van der Waals surface area contributed by atoms with Gasteiger partial charge in [0.15, 0.2) is 0 Å². The molecule has 1 rings (SSSR count). The Labute approximate surface area is 104 Å². The third kappa shape index (κ3) is 5.82. The maximum atomic E-state index is 8.74. The van der Waals surface area contributed by atoms with Crippen LogP contribution in [-0.4, -0.2) is 24.9 Å². The maximum Gasteiger partial charge on any atom is 0.0713 e. The largest absolute Gasteiger partial charge is 0.396 e. The van der Waals surface area contributed by atoms with E-state index in [0.717, 1.165) is 19.4 Å². The number of rotatable bonds is 8. The van der Waals surface area contributed by atoms with E-state index in [2.05, 4.69) is 36.5 Å². The highest BCUT2D eigenvalue weighted by Crippen LogP contribution is 2.06. The van der Waals surface area contributed by atoms with Gasteiger partial charge in [0.05, 0.1) is 6.61 Å². The van der Waals surface area contributed by atoms with Crippen LogP contribution in [0.1, 0.15) is 30.9 Å². The van der Waals surface area contributed by atoms with Gasteiger partial charge in [-0.25, -0.2) is 0 Å². The van der Waals surface area contributed by atoms with Gasteiger partial charge in [0.1, 0.15) is 0 Å². The molecular weight excluding hydrogens is 214 g/mol. The molecule has 3 nitrogen and oxygen atoms in total. The molecule has 1 atom stereocenters. The molecule has 96 valence electrons. The minimum absolute atomic E-state index is 0.276. The second kappa shape index (κ2) is 8.23. The average molecular weight is 237 g/mol. The fourth-order valence-electron chi connectivity index (χ4n) is 1.71. The van der Waals surface area contributed by atoms with Crippen molar-refractivity contribution in [2.24, 2.45) is 0 Å². The van der Waals surface area contributed by atoms with E-state index in [4.69, 9.17) is 9.84 Å². The van der Waals surface area contributed by atoms with Gasteiger partial charge >= 0.3 is 0 Å². The van der Waals surface area contributed by atoms with Gasteiger partial charge < -0.3 is 15.2 Å². The van der Waals surface area contributed by atoms with E-state index in [-0.39, 0.29) is 6.61 Å². The van der Waals surface area contributed by atoms with E-state index < -0.39 is 0 Å². The van der Waals surface area contributed by atoms with E-state index in [0.29, 0.717) is 12.6 Å². The van der Waals surface area contributed by atoms with Gasteiger partial charge in [-0.3, -0.25) is 0 Å². The second-order valence-corrected chi connectivity index (χ2v) is 4.40. The Kier molecular flexibility index (Phi) is 6.86. The number of hydrogen-bond acceptors (Lipinski definition) is 3. The molecule has 0 aliphatic carbocycles. The zero-order valence-electron chi connectivity index (χ0n) is 10.8. The minimum atomic E-state index is 0.276. The quantitative estimate of drug-likeness (QED) is 0.727. The smallest absolute Gasteiger partial charge is 0.0713 e. The zero-order valence-corrected chi connectivity index (χ0v) is 10.8. The number of methoxy groups -OCH3 is 1. The summed E-state index contributed by atoms with van der Waals surface area (Å²) < 4.78 is 5.07. The van der Waals surface area contributed by atoms with E-state index in [1.54, 1.807) is 7.11 Å². The van der Waals surface area contributed by atoms with Gasteiger partial charge in [-0.15, -0.1) is 0 Å². The van der Waals surface area contributed by atoms with Crippen molar-refractivity contribution in [3.63, 3.8) is 0 Å². The Balaban J connectivity index is 2.31. The third-order valence-electron chi connectivity index (χ3n) is 2.78. The first-order chi connectivity index (χ1) is 8.26. The maximum absolute atomic E-state index is 8.74. The topological polar surface area (TPSA) is 41.5 Å². The van der Waals surface area contributed by atoms with Crippen LogP contribution in [0.3, 0.4) is 0 Å². The predicted molar refractivity (Wildman–Crippen MR) is 69.8 cm³/mol. The molecule has 0 aliphatic rings. The van der Waals surface area contributed by atoms with Crippen molar-refractivity contribution in [3.8, 4) is 0 Å². The van der Waals surface area contributed by atoms with Crippen LogP contribution in [-0.2, 0) is 17.9 Å². The van der Waals surface area contributed by atoms with Crippen molar-refractivity contribution in [1.29, 1.82) is 0 Å². The molecule has 0 heterocycles. The molecule has 0 spiro atoms. The fraction of sp³-hybridized carbons (Fsp3) is 0.571. The number of aliphatic hydroxyl groups excluding tert-OH is 1. The molecule has 0 saturated carbocycles. The summed E-state index contributed by atoms with van der Waals surface area (Å²) in [6.45, 7) is 3.97. The van der Waals surface area contributed by atoms with E-state index >= 15 is 0 Å². The van der Waals surface area contributed by atoms with Crippen LogP contribution >= 0.6 is 0 Å². The predicted octanol–water partition coefficient (Wildman–Crippen LogP) is 2.08. The van der Waals surface area contributed by atoms with E-state index in [1.807, 2.05) is 0 Å². The highest BCUT2D eigenvalue weighted by molar-refractivity contribution is 5.21. The first-order valence-corrected chi connectivity index (χ1v) is 6.17. The standard InChI is InChI=1S/C14H23NO2/c1-12(4-3-9-16)15-10-13-5-7-14(8-6-13)11-17-2/h5-8,12,15-16H,3-4,9-11H2,1-2H3. The van der Waals surface area contributed by atoms with Gasteiger partial charge in [0.25, 0.3) is 0 Å². The van der Waals surface area contributed by atoms with Crippen LogP contribution < -0.4 is 5.32 Å². The number of nitrogens with one attached hydrogen (secondary N) is 1. The molecule has 0 radical (unpaired) electrons. The molecule has 3 heteroatoms. The molecule has 1 unspecified atom stereocenters. The van der Waals surface area contributed by atoms with Gasteiger partial charge in [-0.1, -0.05) is 24.3 Å². The summed E-state index contributed by atoms with van der Waals surface area (Å²) >= 11 is 0. The Morgan fingerprint density at radius 2 is 1.88 bits per heavy atom. The normalized spacial score (nSPS) is 12.6. The SMILES string of the molecule is COCc1ccc(CNC(C)CCCO)cc1. The molecule has 2 N–H and O–H groups in total. The van der Waals surface area contributed by atoms with Crippen molar-refractivity contribution >= 4 is 0 Å². The van der Waals surface area contributed by atoms with Crippen LogP contribution in [0.2, 0.25) is 0 Å².